The second-order valence-corrected chi connectivity index (χ2v) is 7.65. The third kappa shape index (κ3) is 4.71. The maximum Gasteiger partial charge on any atom is 0.255 e. The average Bonchev–Trinajstić information content (AvgIpc) is 3.39. The Kier molecular flexibility index (Phi) is 6.02. The van der Waals surface area contributed by atoms with Crippen LogP contribution in [0.2, 0.25) is 5.02 Å². The summed E-state index contributed by atoms with van der Waals surface area (Å²) in [5.41, 5.74) is 1.78. The van der Waals surface area contributed by atoms with Crippen molar-refractivity contribution in [3.8, 4) is 5.75 Å². The summed E-state index contributed by atoms with van der Waals surface area (Å²) in [6, 6.07) is 12.2. The molecule has 2 fully saturated rings. The fourth-order valence-electron chi connectivity index (χ4n) is 3.58. The molecule has 0 bridgehead atoms. The van der Waals surface area contributed by atoms with Crippen LogP contribution in [-0.2, 0) is 9.53 Å². The van der Waals surface area contributed by atoms with E-state index in [-0.39, 0.29) is 17.9 Å². The van der Waals surface area contributed by atoms with Crippen molar-refractivity contribution in [1.29, 1.82) is 0 Å². The molecule has 2 aliphatic heterocycles. The zero-order valence-corrected chi connectivity index (χ0v) is 16.8. The predicted molar refractivity (Wildman–Crippen MR) is 112 cm³/mol. The van der Waals surface area contributed by atoms with Gasteiger partial charge in [-0.25, -0.2) is 0 Å². The van der Waals surface area contributed by atoms with E-state index in [1.807, 2.05) is 0 Å². The van der Waals surface area contributed by atoms with Gasteiger partial charge in [-0.05, 0) is 61.7 Å². The molecule has 0 spiro atoms. The fraction of sp³-hybridized carbons (Fsp3) is 0.364. The van der Waals surface area contributed by atoms with Gasteiger partial charge in [-0.1, -0.05) is 11.6 Å². The highest BCUT2D eigenvalue weighted by Crippen LogP contribution is 2.32. The summed E-state index contributed by atoms with van der Waals surface area (Å²) in [5, 5.41) is 3.28. The van der Waals surface area contributed by atoms with Crippen LogP contribution in [0.1, 0.15) is 36.0 Å². The average molecular weight is 415 g/mol. The van der Waals surface area contributed by atoms with E-state index in [2.05, 4.69) is 5.32 Å². The van der Waals surface area contributed by atoms with Crippen molar-refractivity contribution in [2.24, 2.45) is 0 Å². The minimum absolute atomic E-state index is 0.0745. The maximum absolute atomic E-state index is 12.5. The predicted octanol–water partition coefficient (Wildman–Crippen LogP) is 4.28. The molecule has 0 aliphatic carbocycles. The lowest BCUT2D eigenvalue weighted by atomic mass is 10.2. The van der Waals surface area contributed by atoms with Crippen molar-refractivity contribution in [3.05, 3.63) is 53.1 Å². The van der Waals surface area contributed by atoms with E-state index in [1.54, 1.807) is 47.4 Å². The Labute approximate surface area is 174 Å². The van der Waals surface area contributed by atoms with Gasteiger partial charge in [-0.15, -0.1) is 0 Å². The third-order valence-electron chi connectivity index (χ3n) is 5.15. The molecule has 0 radical (unpaired) electrons. The number of nitrogens with zero attached hydrogens (tertiary/aromatic N) is 1. The number of hydrogen-bond acceptors (Lipinski definition) is 4. The maximum atomic E-state index is 12.5. The topological polar surface area (TPSA) is 67.9 Å². The number of carbonyl (C=O) groups is 2. The van der Waals surface area contributed by atoms with E-state index in [0.29, 0.717) is 47.3 Å². The van der Waals surface area contributed by atoms with Gasteiger partial charge in [0.15, 0.2) is 0 Å². The molecule has 4 rings (SSSR count). The molecule has 0 unspecified atom stereocenters. The van der Waals surface area contributed by atoms with Crippen LogP contribution < -0.4 is 15.0 Å². The molecule has 0 aromatic heterocycles. The molecule has 29 heavy (non-hydrogen) atoms. The van der Waals surface area contributed by atoms with Crippen molar-refractivity contribution < 1.29 is 19.1 Å². The molecular weight excluding hydrogens is 392 g/mol. The van der Waals surface area contributed by atoms with E-state index in [0.717, 1.165) is 25.9 Å². The van der Waals surface area contributed by atoms with Crippen molar-refractivity contribution >= 4 is 34.8 Å². The molecule has 2 aromatic carbocycles. The van der Waals surface area contributed by atoms with E-state index in [1.165, 1.54) is 0 Å². The van der Waals surface area contributed by atoms with Crippen molar-refractivity contribution in [1.82, 2.24) is 0 Å². The van der Waals surface area contributed by atoms with E-state index < -0.39 is 0 Å². The van der Waals surface area contributed by atoms with Crippen LogP contribution >= 0.6 is 11.6 Å². The van der Waals surface area contributed by atoms with Gasteiger partial charge in [0, 0.05) is 30.8 Å². The highest BCUT2D eigenvalue weighted by molar-refractivity contribution is 6.34. The fourth-order valence-corrected chi connectivity index (χ4v) is 3.86. The van der Waals surface area contributed by atoms with E-state index >= 15 is 0 Å². The molecule has 2 amide bonds. The zero-order chi connectivity index (χ0) is 20.2. The number of halogens is 1. The minimum Gasteiger partial charge on any atom is -0.491 e. The highest BCUT2D eigenvalue weighted by atomic mass is 35.5. The lowest BCUT2D eigenvalue weighted by Crippen LogP contribution is -2.24. The minimum atomic E-state index is -0.239. The van der Waals surface area contributed by atoms with E-state index in [9.17, 15) is 9.59 Å². The third-order valence-corrected chi connectivity index (χ3v) is 5.45. The Bertz CT molecular complexity index is 894. The Balaban J connectivity index is 1.36. The lowest BCUT2D eigenvalue weighted by molar-refractivity contribution is -0.117. The van der Waals surface area contributed by atoms with Gasteiger partial charge in [0.05, 0.1) is 16.8 Å². The number of carbonyl (C=O) groups excluding carboxylic acids is 2. The van der Waals surface area contributed by atoms with Crippen LogP contribution in [0.4, 0.5) is 11.4 Å². The van der Waals surface area contributed by atoms with Crippen LogP contribution in [0.3, 0.4) is 0 Å². The van der Waals surface area contributed by atoms with Gasteiger partial charge in [0.2, 0.25) is 5.91 Å². The van der Waals surface area contributed by atoms with Crippen molar-refractivity contribution in [2.45, 2.75) is 31.8 Å². The number of hydrogen-bond donors (Lipinski definition) is 1. The molecular formula is C22H23ClN2O4. The second kappa shape index (κ2) is 8.84. The number of amides is 2. The van der Waals surface area contributed by atoms with Gasteiger partial charge in [-0.3, -0.25) is 9.59 Å². The first-order valence-electron chi connectivity index (χ1n) is 9.86. The van der Waals surface area contributed by atoms with Gasteiger partial charge in [0.25, 0.3) is 5.91 Å². The Morgan fingerprint density at radius 2 is 2.03 bits per heavy atom. The summed E-state index contributed by atoms with van der Waals surface area (Å²) in [7, 11) is 0. The Morgan fingerprint density at radius 3 is 2.69 bits per heavy atom. The number of anilines is 2. The summed E-state index contributed by atoms with van der Waals surface area (Å²) in [6.45, 7) is 1.99. The number of nitrogens with one attached hydrogen (secondary N) is 1. The molecule has 1 atom stereocenters. The molecule has 2 aromatic rings. The quantitative estimate of drug-likeness (QED) is 0.766. The van der Waals surface area contributed by atoms with Gasteiger partial charge >= 0.3 is 0 Å². The largest absolute Gasteiger partial charge is 0.491 e. The Morgan fingerprint density at radius 1 is 1.21 bits per heavy atom. The Hall–Kier alpha value is -2.57. The normalized spacial score (nSPS) is 18.9. The number of ether oxygens (including phenoxy) is 2. The summed E-state index contributed by atoms with van der Waals surface area (Å²) in [5.74, 6) is 0.543. The number of benzene rings is 2. The standard InChI is InChI=1S/C22H23ClN2O4/c23-19-13-16(7-10-20(19)25-11-1-4-21(25)26)24-22(27)15-5-8-17(9-6-15)29-14-18-3-2-12-28-18/h5-10,13,18H,1-4,11-12,14H2,(H,24,27)/t18-/m1/s1. The van der Waals surface area contributed by atoms with Crippen molar-refractivity contribution in [2.75, 3.05) is 30.0 Å². The van der Waals surface area contributed by atoms with Gasteiger partial charge in [-0.2, -0.15) is 0 Å². The molecule has 1 N–H and O–H groups in total. The first-order chi connectivity index (χ1) is 14.1. The van der Waals surface area contributed by atoms with E-state index in [4.69, 9.17) is 21.1 Å². The molecule has 2 saturated heterocycles. The van der Waals surface area contributed by atoms with Crippen LogP contribution in [0.15, 0.2) is 42.5 Å². The van der Waals surface area contributed by atoms with Crippen LogP contribution in [0, 0.1) is 0 Å². The first kappa shape index (κ1) is 19.7. The highest BCUT2D eigenvalue weighted by Gasteiger charge is 2.23. The van der Waals surface area contributed by atoms with Crippen LogP contribution in [0.25, 0.3) is 0 Å². The molecule has 2 heterocycles. The molecule has 2 aliphatic rings. The van der Waals surface area contributed by atoms with Gasteiger partial charge < -0.3 is 19.7 Å². The van der Waals surface area contributed by atoms with Crippen LogP contribution in [0.5, 0.6) is 5.75 Å². The SMILES string of the molecule is O=C(Nc1ccc(N2CCCC2=O)c(Cl)c1)c1ccc(OC[C@H]2CCCO2)cc1. The molecule has 0 saturated carbocycles. The van der Waals surface area contributed by atoms with Gasteiger partial charge in [0.1, 0.15) is 12.4 Å². The monoisotopic (exact) mass is 414 g/mol. The molecule has 6 nitrogen and oxygen atoms in total. The summed E-state index contributed by atoms with van der Waals surface area (Å²) >= 11 is 6.34. The molecule has 7 heteroatoms. The second-order valence-electron chi connectivity index (χ2n) is 7.24. The van der Waals surface area contributed by atoms with Crippen LogP contribution in [-0.4, -0.2) is 37.7 Å². The first-order valence-corrected chi connectivity index (χ1v) is 10.2. The summed E-state index contributed by atoms with van der Waals surface area (Å²) < 4.78 is 11.3. The summed E-state index contributed by atoms with van der Waals surface area (Å²) in [4.78, 5) is 26.1. The number of rotatable bonds is 6. The zero-order valence-electron chi connectivity index (χ0n) is 16.0. The molecule has 152 valence electrons. The lowest BCUT2D eigenvalue weighted by Gasteiger charge is -2.18. The summed E-state index contributed by atoms with van der Waals surface area (Å²) in [6.07, 6.45) is 3.63. The van der Waals surface area contributed by atoms with Crippen molar-refractivity contribution in [3.63, 3.8) is 0 Å². The smallest absolute Gasteiger partial charge is 0.255 e.